The molecule has 0 radical (unpaired) electrons. The summed E-state index contributed by atoms with van der Waals surface area (Å²) in [7, 11) is -3.65. The van der Waals surface area contributed by atoms with Crippen molar-refractivity contribution in [2.75, 3.05) is 0 Å². The Morgan fingerprint density at radius 2 is 1.83 bits per heavy atom. The van der Waals surface area contributed by atoms with Crippen LogP contribution in [0.25, 0.3) is 0 Å². The number of sulfonamides is 1. The summed E-state index contributed by atoms with van der Waals surface area (Å²) in [5, 5.41) is 0. The van der Waals surface area contributed by atoms with Crippen LogP contribution in [0.4, 0.5) is 0 Å². The van der Waals surface area contributed by atoms with Gasteiger partial charge in [0.05, 0.1) is 17.0 Å². The molecule has 1 aliphatic carbocycles. The van der Waals surface area contributed by atoms with Crippen LogP contribution in [0.15, 0.2) is 41.8 Å². The molecule has 2 fully saturated rings. The van der Waals surface area contributed by atoms with Gasteiger partial charge in [0.1, 0.15) is 0 Å². The van der Waals surface area contributed by atoms with E-state index in [9.17, 15) is 8.42 Å². The molecule has 2 unspecified atom stereocenters. The molecule has 4 nitrogen and oxygen atoms in total. The summed E-state index contributed by atoms with van der Waals surface area (Å²) in [6.07, 6.45) is 8.35. The zero-order chi connectivity index (χ0) is 16.4. The molecule has 0 spiro atoms. The third kappa shape index (κ3) is 3.37. The van der Waals surface area contributed by atoms with E-state index < -0.39 is 10.0 Å². The average Bonchev–Trinajstić information content (AvgIpc) is 3.01. The molecule has 23 heavy (non-hydrogen) atoms. The number of benzene rings is 1. The van der Waals surface area contributed by atoms with E-state index in [1.54, 1.807) is 18.2 Å². The van der Waals surface area contributed by atoms with Gasteiger partial charge < -0.3 is 0 Å². The third-order valence-electron chi connectivity index (χ3n) is 4.99. The van der Waals surface area contributed by atoms with Crippen molar-refractivity contribution in [1.82, 2.24) is 4.47 Å². The van der Waals surface area contributed by atoms with Gasteiger partial charge >= 0.3 is 0 Å². The first-order valence-electron chi connectivity index (χ1n) is 8.43. The molecule has 0 bridgehead atoms. The Labute approximate surface area is 139 Å². The monoisotopic (exact) mass is 335 g/mol. The molecule has 3 rings (SSSR count). The van der Waals surface area contributed by atoms with E-state index >= 15 is 0 Å². The minimum absolute atomic E-state index is 0.0153. The largest absolute Gasteiger partial charge is 0.280 e. The van der Waals surface area contributed by atoms with Crippen molar-refractivity contribution in [3.05, 3.63) is 42.5 Å². The van der Waals surface area contributed by atoms with Crippen LogP contribution >= 0.6 is 0 Å². The third-order valence-corrected chi connectivity index (χ3v) is 6.69. The lowest BCUT2D eigenvalue weighted by atomic mass is 9.83. The highest BCUT2D eigenvalue weighted by molar-refractivity contribution is 7.89. The molecule has 1 aromatic rings. The fraction of sp³-hybridized carbons (Fsp3) is 0.556. The summed E-state index contributed by atoms with van der Waals surface area (Å²) in [4.78, 5) is 6.21. The minimum Gasteiger partial charge on any atom is -0.280 e. The van der Waals surface area contributed by atoms with Crippen LogP contribution in [-0.2, 0) is 14.9 Å². The molecule has 5 heteroatoms. The second-order valence-corrected chi connectivity index (χ2v) is 8.44. The smallest absolute Gasteiger partial charge is 0.265 e. The highest BCUT2D eigenvalue weighted by atomic mass is 32.2. The van der Waals surface area contributed by atoms with Gasteiger partial charge in [-0.15, -0.1) is 6.58 Å². The fourth-order valence-electron chi connectivity index (χ4n) is 3.59. The van der Waals surface area contributed by atoms with Gasteiger partial charge in [-0.05, 0) is 44.2 Å². The van der Waals surface area contributed by atoms with E-state index in [1.165, 1.54) is 23.7 Å². The lowest BCUT2D eigenvalue weighted by molar-refractivity contribution is -0.107. The SMILES string of the molecule is C=CC1CC(C2CCCCC2)ON1S(=O)(=O)c1ccc(C)cc1. The fourth-order valence-corrected chi connectivity index (χ4v) is 5.03. The summed E-state index contributed by atoms with van der Waals surface area (Å²) >= 11 is 0. The molecule has 1 heterocycles. The van der Waals surface area contributed by atoms with Crippen molar-refractivity contribution < 1.29 is 13.3 Å². The maximum absolute atomic E-state index is 12.9. The van der Waals surface area contributed by atoms with Crippen molar-refractivity contribution in [3.63, 3.8) is 0 Å². The predicted molar refractivity (Wildman–Crippen MR) is 90.3 cm³/mol. The van der Waals surface area contributed by atoms with Crippen molar-refractivity contribution in [2.24, 2.45) is 5.92 Å². The van der Waals surface area contributed by atoms with Gasteiger partial charge in [-0.25, -0.2) is 8.42 Å². The molecule has 2 atom stereocenters. The molecule has 1 saturated carbocycles. The van der Waals surface area contributed by atoms with E-state index in [0.29, 0.717) is 12.3 Å². The van der Waals surface area contributed by atoms with E-state index in [4.69, 9.17) is 4.84 Å². The van der Waals surface area contributed by atoms with Gasteiger partial charge in [0.2, 0.25) is 0 Å². The van der Waals surface area contributed by atoms with Gasteiger partial charge in [-0.1, -0.05) is 47.5 Å². The topological polar surface area (TPSA) is 46.6 Å². The summed E-state index contributed by atoms with van der Waals surface area (Å²) in [5.41, 5.74) is 1.03. The van der Waals surface area contributed by atoms with Gasteiger partial charge in [-0.3, -0.25) is 4.84 Å². The van der Waals surface area contributed by atoms with Gasteiger partial charge in [0.15, 0.2) is 0 Å². The van der Waals surface area contributed by atoms with E-state index in [2.05, 4.69) is 6.58 Å². The van der Waals surface area contributed by atoms with Gasteiger partial charge in [0.25, 0.3) is 10.0 Å². The maximum Gasteiger partial charge on any atom is 0.265 e. The van der Waals surface area contributed by atoms with E-state index in [1.807, 2.05) is 19.1 Å². The number of rotatable bonds is 4. The Bertz CT molecular complexity index is 647. The molecule has 126 valence electrons. The van der Waals surface area contributed by atoms with Crippen LogP contribution in [0.3, 0.4) is 0 Å². The molecule has 0 amide bonds. The second kappa shape index (κ2) is 6.75. The van der Waals surface area contributed by atoms with Crippen LogP contribution in [0.5, 0.6) is 0 Å². The number of hydrogen-bond donors (Lipinski definition) is 0. The van der Waals surface area contributed by atoms with Crippen LogP contribution in [-0.4, -0.2) is 25.0 Å². The Hall–Kier alpha value is -1.17. The lowest BCUT2D eigenvalue weighted by Gasteiger charge is -2.27. The molecule has 0 aromatic heterocycles. The average molecular weight is 335 g/mol. The first-order valence-corrected chi connectivity index (χ1v) is 9.87. The first kappa shape index (κ1) is 16.7. The summed E-state index contributed by atoms with van der Waals surface area (Å²) < 4.78 is 27.0. The van der Waals surface area contributed by atoms with E-state index in [0.717, 1.165) is 18.4 Å². The molecule has 1 aromatic carbocycles. The summed E-state index contributed by atoms with van der Waals surface area (Å²) in [6, 6.07) is 6.62. The predicted octanol–water partition coefficient (Wildman–Crippen LogP) is 3.82. The van der Waals surface area contributed by atoms with Gasteiger partial charge in [-0.2, -0.15) is 0 Å². The van der Waals surface area contributed by atoms with E-state index in [-0.39, 0.29) is 17.0 Å². The standard InChI is InChI=1S/C18H25NO3S/c1-3-16-13-18(15-7-5-4-6-8-15)22-19(16)23(20,21)17-11-9-14(2)10-12-17/h3,9-12,15-16,18H,1,4-8,13H2,2H3. The van der Waals surface area contributed by atoms with Crippen LogP contribution in [0.1, 0.15) is 44.1 Å². The Morgan fingerprint density at radius 3 is 2.43 bits per heavy atom. The number of aryl methyl sites for hydroxylation is 1. The van der Waals surface area contributed by atoms with Crippen molar-refractivity contribution in [3.8, 4) is 0 Å². The maximum atomic E-state index is 12.9. The lowest BCUT2D eigenvalue weighted by Crippen LogP contribution is -2.34. The second-order valence-electron chi connectivity index (χ2n) is 6.65. The molecule has 1 saturated heterocycles. The zero-order valence-electron chi connectivity index (χ0n) is 13.6. The van der Waals surface area contributed by atoms with Gasteiger partial charge in [0, 0.05) is 0 Å². The quantitative estimate of drug-likeness (QED) is 0.786. The zero-order valence-corrected chi connectivity index (χ0v) is 14.5. The van der Waals surface area contributed by atoms with Crippen molar-refractivity contribution >= 4 is 10.0 Å². The molecular formula is C18H25NO3S. The minimum atomic E-state index is -3.65. The molecular weight excluding hydrogens is 310 g/mol. The van der Waals surface area contributed by atoms with Crippen LogP contribution in [0.2, 0.25) is 0 Å². The molecule has 1 aliphatic heterocycles. The van der Waals surface area contributed by atoms with Crippen molar-refractivity contribution in [1.29, 1.82) is 0 Å². The van der Waals surface area contributed by atoms with Crippen LogP contribution < -0.4 is 0 Å². The van der Waals surface area contributed by atoms with Crippen LogP contribution in [0, 0.1) is 12.8 Å². The summed E-state index contributed by atoms with van der Waals surface area (Å²) in [6.45, 7) is 5.75. The highest BCUT2D eigenvalue weighted by Crippen LogP contribution is 2.37. The summed E-state index contributed by atoms with van der Waals surface area (Å²) in [5.74, 6) is 0.462. The number of hydrogen-bond acceptors (Lipinski definition) is 3. The molecule has 2 aliphatic rings. The number of hydroxylamine groups is 1. The Morgan fingerprint density at radius 1 is 1.17 bits per heavy atom. The first-order chi connectivity index (χ1) is 11.0. The highest BCUT2D eigenvalue weighted by Gasteiger charge is 2.43. The molecule has 0 N–H and O–H groups in total. The van der Waals surface area contributed by atoms with Crippen molar-refractivity contribution in [2.45, 2.75) is 62.5 Å². The Balaban J connectivity index is 1.82. The number of nitrogens with zero attached hydrogens (tertiary/aromatic N) is 1. The Kier molecular flexibility index (Phi) is 4.90. The normalized spacial score (nSPS) is 27.2.